The molecule has 1 aromatic rings. The number of carboxylic acids is 1. The van der Waals surface area contributed by atoms with Crippen molar-refractivity contribution in [2.45, 2.75) is 31.8 Å². The first-order chi connectivity index (χ1) is 12.4. The number of aliphatic carboxylic acids is 1. The van der Waals surface area contributed by atoms with Crippen LogP contribution in [0.5, 0.6) is 5.75 Å². The second-order valence-electron chi connectivity index (χ2n) is 6.45. The van der Waals surface area contributed by atoms with E-state index in [1.165, 1.54) is 0 Å². The van der Waals surface area contributed by atoms with Crippen molar-refractivity contribution in [3.63, 3.8) is 0 Å². The number of halogens is 1. The van der Waals surface area contributed by atoms with E-state index in [9.17, 15) is 9.59 Å². The number of carboxylic acid groups (broad SMARTS) is 1. The Hall–Kier alpha value is -1.99. The SMILES string of the molecule is CCN(CC(=O)O)C1CC(NC(=O)N(C)CCOc2ccc(Cl)cc2)C1. The van der Waals surface area contributed by atoms with Gasteiger partial charge >= 0.3 is 12.0 Å². The molecular weight excluding hydrogens is 358 g/mol. The summed E-state index contributed by atoms with van der Waals surface area (Å²) in [5, 5.41) is 12.5. The Bertz CT molecular complexity index is 605. The second kappa shape index (κ2) is 9.64. The molecule has 0 radical (unpaired) electrons. The molecule has 2 rings (SSSR count). The van der Waals surface area contributed by atoms with Gasteiger partial charge in [0.15, 0.2) is 0 Å². The van der Waals surface area contributed by atoms with E-state index < -0.39 is 5.97 Å². The summed E-state index contributed by atoms with van der Waals surface area (Å²) in [6, 6.07) is 7.25. The maximum Gasteiger partial charge on any atom is 0.317 e. The molecule has 0 atom stereocenters. The van der Waals surface area contributed by atoms with Gasteiger partial charge < -0.3 is 20.1 Å². The van der Waals surface area contributed by atoms with Crippen LogP contribution in [0.2, 0.25) is 5.02 Å². The minimum Gasteiger partial charge on any atom is -0.492 e. The minimum atomic E-state index is -0.820. The van der Waals surface area contributed by atoms with Crippen molar-refractivity contribution in [2.24, 2.45) is 0 Å². The number of carbonyl (C=O) groups excluding carboxylic acids is 1. The van der Waals surface area contributed by atoms with Gasteiger partial charge in [0.2, 0.25) is 0 Å². The van der Waals surface area contributed by atoms with Gasteiger partial charge in [-0.2, -0.15) is 0 Å². The number of nitrogens with zero attached hydrogens (tertiary/aromatic N) is 2. The number of hydrogen-bond acceptors (Lipinski definition) is 4. The molecule has 1 saturated carbocycles. The lowest BCUT2D eigenvalue weighted by Gasteiger charge is -2.42. The van der Waals surface area contributed by atoms with Gasteiger partial charge in [0.25, 0.3) is 0 Å². The van der Waals surface area contributed by atoms with E-state index in [0.717, 1.165) is 12.8 Å². The summed E-state index contributed by atoms with van der Waals surface area (Å²) in [4.78, 5) is 26.5. The summed E-state index contributed by atoms with van der Waals surface area (Å²) in [5.41, 5.74) is 0. The Balaban J connectivity index is 1.65. The normalized spacial score (nSPS) is 18.9. The molecule has 0 spiro atoms. The molecule has 1 fully saturated rings. The largest absolute Gasteiger partial charge is 0.492 e. The predicted octanol–water partition coefficient (Wildman–Crippen LogP) is 2.30. The Morgan fingerprint density at radius 3 is 2.54 bits per heavy atom. The van der Waals surface area contributed by atoms with Crippen molar-refractivity contribution in [3.8, 4) is 5.75 Å². The molecule has 2 amide bonds. The van der Waals surface area contributed by atoms with Crippen LogP contribution in [0.3, 0.4) is 0 Å². The highest BCUT2D eigenvalue weighted by molar-refractivity contribution is 6.30. The number of likely N-dealkylation sites (N-methyl/N-ethyl adjacent to an activating group) is 2. The lowest BCUT2D eigenvalue weighted by Crippen LogP contribution is -2.56. The Morgan fingerprint density at radius 2 is 1.96 bits per heavy atom. The van der Waals surface area contributed by atoms with Crippen molar-refractivity contribution in [1.29, 1.82) is 0 Å². The number of rotatable bonds is 9. The van der Waals surface area contributed by atoms with E-state index in [2.05, 4.69) is 5.32 Å². The summed E-state index contributed by atoms with van der Waals surface area (Å²) < 4.78 is 5.58. The maximum absolute atomic E-state index is 12.2. The standard InChI is InChI=1S/C18H26ClN3O4/c1-3-22(12-17(23)24)15-10-14(11-15)20-18(25)21(2)8-9-26-16-6-4-13(19)5-7-16/h4-7,14-15H,3,8-12H2,1-2H3,(H,20,25)(H,23,24). The highest BCUT2D eigenvalue weighted by atomic mass is 35.5. The third kappa shape index (κ3) is 6.07. The molecule has 2 N–H and O–H groups in total. The van der Waals surface area contributed by atoms with Crippen LogP contribution in [0.4, 0.5) is 4.79 Å². The molecule has 8 heteroatoms. The molecule has 1 aliphatic rings. The van der Waals surface area contributed by atoms with Crippen molar-refractivity contribution in [1.82, 2.24) is 15.1 Å². The van der Waals surface area contributed by atoms with Crippen LogP contribution in [0.25, 0.3) is 0 Å². The van der Waals surface area contributed by atoms with Crippen LogP contribution in [-0.4, -0.2) is 72.3 Å². The molecule has 26 heavy (non-hydrogen) atoms. The van der Waals surface area contributed by atoms with Crippen LogP contribution in [0.15, 0.2) is 24.3 Å². The van der Waals surface area contributed by atoms with Crippen LogP contribution >= 0.6 is 11.6 Å². The zero-order chi connectivity index (χ0) is 19.1. The van der Waals surface area contributed by atoms with Crippen LogP contribution in [0, 0.1) is 0 Å². The van der Waals surface area contributed by atoms with Gasteiger partial charge in [0.05, 0.1) is 13.1 Å². The van der Waals surface area contributed by atoms with Gasteiger partial charge in [-0.25, -0.2) is 4.79 Å². The van der Waals surface area contributed by atoms with Gasteiger partial charge in [-0.05, 0) is 43.7 Å². The van der Waals surface area contributed by atoms with E-state index in [1.807, 2.05) is 11.8 Å². The van der Waals surface area contributed by atoms with Gasteiger partial charge in [-0.15, -0.1) is 0 Å². The zero-order valence-corrected chi connectivity index (χ0v) is 15.9. The topological polar surface area (TPSA) is 82.1 Å². The summed E-state index contributed by atoms with van der Waals surface area (Å²) in [7, 11) is 1.72. The van der Waals surface area contributed by atoms with Crippen LogP contribution in [-0.2, 0) is 4.79 Å². The molecule has 144 valence electrons. The Morgan fingerprint density at radius 1 is 1.31 bits per heavy atom. The fourth-order valence-electron chi connectivity index (χ4n) is 2.89. The summed E-state index contributed by atoms with van der Waals surface area (Å²) in [5.74, 6) is -0.108. The van der Waals surface area contributed by atoms with Crippen molar-refractivity contribution >= 4 is 23.6 Å². The molecule has 0 aliphatic heterocycles. The molecule has 7 nitrogen and oxygen atoms in total. The quantitative estimate of drug-likeness (QED) is 0.683. The summed E-state index contributed by atoms with van der Waals surface area (Å²) >= 11 is 5.82. The van der Waals surface area contributed by atoms with Crippen molar-refractivity contribution in [3.05, 3.63) is 29.3 Å². The highest BCUT2D eigenvalue weighted by Gasteiger charge is 2.35. The van der Waals surface area contributed by atoms with E-state index in [-0.39, 0.29) is 24.7 Å². The average molecular weight is 384 g/mol. The lowest BCUT2D eigenvalue weighted by molar-refractivity contribution is -0.139. The molecule has 0 bridgehead atoms. The first-order valence-electron chi connectivity index (χ1n) is 8.75. The third-order valence-corrected chi connectivity index (χ3v) is 4.81. The van der Waals surface area contributed by atoms with Crippen molar-refractivity contribution < 1.29 is 19.4 Å². The maximum atomic E-state index is 12.2. The number of ether oxygens (including phenoxy) is 1. The van der Waals surface area contributed by atoms with Crippen LogP contribution < -0.4 is 10.1 Å². The first kappa shape index (κ1) is 20.3. The number of benzene rings is 1. The van der Waals surface area contributed by atoms with Gasteiger partial charge in [0, 0.05) is 24.2 Å². The predicted molar refractivity (Wildman–Crippen MR) is 99.8 cm³/mol. The second-order valence-corrected chi connectivity index (χ2v) is 6.89. The Kier molecular flexibility index (Phi) is 7.53. The van der Waals surface area contributed by atoms with E-state index >= 15 is 0 Å². The van der Waals surface area contributed by atoms with E-state index in [1.54, 1.807) is 36.2 Å². The van der Waals surface area contributed by atoms with Gasteiger partial charge in [-0.1, -0.05) is 18.5 Å². The third-order valence-electron chi connectivity index (χ3n) is 4.56. The molecule has 1 aliphatic carbocycles. The first-order valence-corrected chi connectivity index (χ1v) is 9.12. The molecule has 0 heterocycles. The van der Waals surface area contributed by atoms with E-state index in [0.29, 0.717) is 30.5 Å². The Labute approximate surface area is 158 Å². The fraction of sp³-hybridized carbons (Fsp3) is 0.556. The highest BCUT2D eigenvalue weighted by Crippen LogP contribution is 2.25. The molecule has 0 saturated heterocycles. The number of nitrogens with one attached hydrogen (secondary N) is 1. The lowest BCUT2D eigenvalue weighted by atomic mass is 9.85. The monoisotopic (exact) mass is 383 g/mol. The van der Waals surface area contributed by atoms with Gasteiger partial charge in [-0.3, -0.25) is 9.69 Å². The minimum absolute atomic E-state index is 0.0454. The molecule has 0 aromatic heterocycles. The van der Waals surface area contributed by atoms with Crippen molar-refractivity contribution in [2.75, 3.05) is 33.3 Å². The smallest absolute Gasteiger partial charge is 0.317 e. The van der Waals surface area contributed by atoms with Crippen LogP contribution in [0.1, 0.15) is 19.8 Å². The zero-order valence-electron chi connectivity index (χ0n) is 15.2. The number of hydrogen-bond donors (Lipinski definition) is 2. The molecule has 0 unspecified atom stereocenters. The molecular formula is C18H26ClN3O4. The van der Waals surface area contributed by atoms with E-state index in [4.69, 9.17) is 21.4 Å². The fourth-order valence-corrected chi connectivity index (χ4v) is 3.02. The number of carbonyl (C=O) groups is 2. The average Bonchev–Trinajstić information content (AvgIpc) is 2.57. The summed E-state index contributed by atoms with van der Waals surface area (Å²) in [6.07, 6.45) is 1.56. The molecule has 1 aromatic carbocycles. The number of urea groups is 1. The number of amides is 2. The summed E-state index contributed by atoms with van der Waals surface area (Å²) in [6.45, 7) is 3.54. The van der Waals surface area contributed by atoms with Gasteiger partial charge in [0.1, 0.15) is 12.4 Å².